The molecule has 1 aromatic rings. The quantitative estimate of drug-likeness (QED) is 0.857. The number of likely N-dealkylation sites (tertiary alicyclic amines) is 1. The molecule has 2 N–H and O–H groups in total. The number of nitrogens with zero attached hydrogens (tertiary/aromatic N) is 1. The lowest BCUT2D eigenvalue weighted by Crippen LogP contribution is -2.52. The molecule has 1 aliphatic rings. The largest absolute Gasteiger partial charge is 0.341 e. The first-order valence-electron chi connectivity index (χ1n) is 8.48. The molecule has 0 spiro atoms. The molecule has 0 aromatic heterocycles. The van der Waals surface area contributed by atoms with Gasteiger partial charge in [-0.3, -0.25) is 4.79 Å². The Labute approximate surface area is 147 Å². The van der Waals surface area contributed by atoms with Gasteiger partial charge in [-0.15, -0.1) is 12.4 Å². The van der Waals surface area contributed by atoms with Crippen molar-refractivity contribution in [3.63, 3.8) is 0 Å². The summed E-state index contributed by atoms with van der Waals surface area (Å²) in [5, 5.41) is 0. The highest BCUT2D eigenvalue weighted by Crippen LogP contribution is 2.35. The molecule has 0 saturated carbocycles. The lowest BCUT2D eigenvalue weighted by molar-refractivity contribution is -0.136. The second-order valence-corrected chi connectivity index (χ2v) is 7.44. The highest BCUT2D eigenvalue weighted by molar-refractivity contribution is 5.86. The predicted octanol–water partition coefficient (Wildman–Crippen LogP) is 3.80. The van der Waals surface area contributed by atoms with Crippen LogP contribution in [0.1, 0.15) is 52.0 Å². The molecule has 1 amide bonds. The Kier molecular flexibility index (Phi) is 7.09. The Bertz CT molecular complexity index is 503. The summed E-state index contributed by atoms with van der Waals surface area (Å²) in [6.45, 7) is 7.94. The number of rotatable bonds is 6. The molecular weight excluding hydrogens is 308 g/mol. The van der Waals surface area contributed by atoms with Gasteiger partial charge in [0, 0.05) is 13.1 Å². The first-order valence-corrected chi connectivity index (χ1v) is 8.48. The van der Waals surface area contributed by atoms with E-state index in [0.717, 1.165) is 45.2 Å². The SMILES string of the molecule is CCCC(C)(N)C(=O)N1CCC(C)(CCc2ccccc2)C1.Cl. The van der Waals surface area contributed by atoms with E-state index in [-0.39, 0.29) is 23.7 Å². The molecule has 23 heavy (non-hydrogen) atoms. The molecule has 130 valence electrons. The van der Waals surface area contributed by atoms with Gasteiger partial charge in [-0.05, 0) is 43.6 Å². The Morgan fingerprint density at radius 3 is 2.61 bits per heavy atom. The van der Waals surface area contributed by atoms with Crippen LogP contribution in [0.4, 0.5) is 0 Å². The zero-order valence-corrected chi connectivity index (χ0v) is 15.5. The molecule has 1 aromatic carbocycles. The van der Waals surface area contributed by atoms with E-state index in [1.165, 1.54) is 5.56 Å². The maximum Gasteiger partial charge on any atom is 0.242 e. The van der Waals surface area contributed by atoms with Crippen LogP contribution in [-0.4, -0.2) is 29.4 Å². The monoisotopic (exact) mass is 338 g/mol. The van der Waals surface area contributed by atoms with E-state index in [4.69, 9.17) is 5.73 Å². The Hall–Kier alpha value is -1.06. The molecular formula is C19H31ClN2O. The summed E-state index contributed by atoms with van der Waals surface area (Å²) in [5.74, 6) is 0.123. The van der Waals surface area contributed by atoms with Crippen LogP contribution in [0.2, 0.25) is 0 Å². The fourth-order valence-electron chi connectivity index (χ4n) is 3.48. The minimum Gasteiger partial charge on any atom is -0.341 e. The third-order valence-corrected chi connectivity index (χ3v) is 4.96. The first-order chi connectivity index (χ1) is 10.4. The molecule has 1 aliphatic heterocycles. The summed E-state index contributed by atoms with van der Waals surface area (Å²) < 4.78 is 0. The zero-order valence-electron chi connectivity index (χ0n) is 14.7. The molecule has 4 heteroatoms. The maximum absolute atomic E-state index is 12.6. The Morgan fingerprint density at radius 2 is 2.00 bits per heavy atom. The molecule has 2 unspecified atom stereocenters. The van der Waals surface area contributed by atoms with Crippen LogP contribution in [0.25, 0.3) is 0 Å². The summed E-state index contributed by atoms with van der Waals surface area (Å²) >= 11 is 0. The smallest absolute Gasteiger partial charge is 0.242 e. The fraction of sp³-hybridized carbons (Fsp3) is 0.632. The lowest BCUT2D eigenvalue weighted by atomic mass is 9.83. The van der Waals surface area contributed by atoms with Crippen LogP contribution in [-0.2, 0) is 11.2 Å². The fourth-order valence-corrected chi connectivity index (χ4v) is 3.48. The number of hydrogen-bond donors (Lipinski definition) is 1. The van der Waals surface area contributed by atoms with Gasteiger partial charge in [-0.2, -0.15) is 0 Å². The third-order valence-electron chi connectivity index (χ3n) is 4.96. The molecule has 1 heterocycles. The van der Waals surface area contributed by atoms with Crippen molar-refractivity contribution in [2.45, 2.75) is 58.4 Å². The van der Waals surface area contributed by atoms with Gasteiger partial charge in [0.05, 0.1) is 5.54 Å². The zero-order chi connectivity index (χ0) is 16.2. The number of benzene rings is 1. The number of carbonyl (C=O) groups excluding carboxylic acids is 1. The van der Waals surface area contributed by atoms with Crippen molar-refractivity contribution in [3.8, 4) is 0 Å². The average Bonchev–Trinajstić information content (AvgIpc) is 2.88. The topological polar surface area (TPSA) is 46.3 Å². The first kappa shape index (κ1) is 20.0. The van der Waals surface area contributed by atoms with E-state index < -0.39 is 5.54 Å². The minimum absolute atomic E-state index is 0. The van der Waals surface area contributed by atoms with Crippen LogP contribution < -0.4 is 5.73 Å². The van der Waals surface area contributed by atoms with E-state index in [9.17, 15) is 4.79 Å². The summed E-state index contributed by atoms with van der Waals surface area (Å²) in [5.41, 5.74) is 7.10. The van der Waals surface area contributed by atoms with E-state index >= 15 is 0 Å². The molecule has 1 saturated heterocycles. The normalized spacial score (nSPS) is 23.2. The van der Waals surface area contributed by atoms with E-state index in [0.29, 0.717) is 0 Å². The number of nitrogens with two attached hydrogens (primary N) is 1. The van der Waals surface area contributed by atoms with Crippen molar-refractivity contribution in [3.05, 3.63) is 35.9 Å². The van der Waals surface area contributed by atoms with Gasteiger partial charge in [0.1, 0.15) is 0 Å². The number of carbonyl (C=O) groups is 1. The van der Waals surface area contributed by atoms with Crippen molar-refractivity contribution in [1.29, 1.82) is 0 Å². The second kappa shape index (κ2) is 8.16. The van der Waals surface area contributed by atoms with Crippen LogP contribution in [0.3, 0.4) is 0 Å². The van der Waals surface area contributed by atoms with Gasteiger partial charge in [-0.25, -0.2) is 0 Å². The predicted molar refractivity (Wildman–Crippen MR) is 98.8 cm³/mol. The Balaban J connectivity index is 0.00000264. The van der Waals surface area contributed by atoms with Gasteiger partial charge in [0.15, 0.2) is 0 Å². The van der Waals surface area contributed by atoms with Gasteiger partial charge >= 0.3 is 0 Å². The highest BCUT2D eigenvalue weighted by Gasteiger charge is 2.40. The third kappa shape index (κ3) is 5.22. The van der Waals surface area contributed by atoms with E-state index in [2.05, 4.69) is 44.2 Å². The van der Waals surface area contributed by atoms with Crippen LogP contribution in [0, 0.1) is 5.41 Å². The molecule has 0 radical (unpaired) electrons. The van der Waals surface area contributed by atoms with Crippen molar-refractivity contribution in [1.82, 2.24) is 4.90 Å². The summed E-state index contributed by atoms with van der Waals surface area (Å²) in [7, 11) is 0. The number of aryl methyl sites for hydroxylation is 1. The van der Waals surface area contributed by atoms with Crippen molar-refractivity contribution in [2.24, 2.45) is 11.1 Å². The molecule has 0 bridgehead atoms. The molecule has 2 rings (SSSR count). The summed E-state index contributed by atoms with van der Waals surface area (Å²) in [6, 6.07) is 10.6. The maximum atomic E-state index is 12.6. The Morgan fingerprint density at radius 1 is 1.35 bits per heavy atom. The van der Waals surface area contributed by atoms with Crippen LogP contribution >= 0.6 is 12.4 Å². The standard InChI is InChI=1S/C19H30N2O.ClH/c1-4-11-19(3,20)17(22)21-14-13-18(2,15-21)12-10-16-8-6-5-7-9-16;/h5-9H,4,10-15,20H2,1-3H3;1H. The molecule has 2 atom stereocenters. The summed E-state index contributed by atoms with van der Waals surface area (Å²) in [4.78, 5) is 14.6. The molecule has 0 aliphatic carbocycles. The van der Waals surface area contributed by atoms with E-state index in [1.54, 1.807) is 0 Å². The molecule has 1 fully saturated rings. The van der Waals surface area contributed by atoms with Crippen molar-refractivity contribution < 1.29 is 4.79 Å². The lowest BCUT2D eigenvalue weighted by Gasteiger charge is -2.30. The molecule has 3 nitrogen and oxygen atoms in total. The second-order valence-electron chi connectivity index (χ2n) is 7.44. The van der Waals surface area contributed by atoms with Gasteiger partial charge < -0.3 is 10.6 Å². The van der Waals surface area contributed by atoms with Crippen molar-refractivity contribution in [2.75, 3.05) is 13.1 Å². The number of hydrogen-bond acceptors (Lipinski definition) is 2. The van der Waals surface area contributed by atoms with Crippen LogP contribution in [0.5, 0.6) is 0 Å². The van der Waals surface area contributed by atoms with Crippen LogP contribution in [0.15, 0.2) is 30.3 Å². The number of amides is 1. The van der Waals surface area contributed by atoms with Crippen molar-refractivity contribution >= 4 is 18.3 Å². The average molecular weight is 339 g/mol. The van der Waals surface area contributed by atoms with Gasteiger partial charge in [0.25, 0.3) is 0 Å². The van der Waals surface area contributed by atoms with Gasteiger partial charge in [-0.1, -0.05) is 50.6 Å². The number of halogens is 1. The summed E-state index contributed by atoms with van der Waals surface area (Å²) in [6.07, 6.45) is 4.97. The highest BCUT2D eigenvalue weighted by atomic mass is 35.5. The minimum atomic E-state index is -0.709. The van der Waals surface area contributed by atoms with E-state index in [1.807, 2.05) is 11.8 Å². The van der Waals surface area contributed by atoms with Gasteiger partial charge in [0.2, 0.25) is 5.91 Å².